The predicted molar refractivity (Wildman–Crippen MR) is 333 cm³/mol. The van der Waals surface area contributed by atoms with Crippen LogP contribution in [0.3, 0.4) is 0 Å². The first-order valence-electron chi connectivity index (χ1n) is 33.8. The number of carbonyl (C=O) groups excluding carboxylic acids is 6. The van der Waals surface area contributed by atoms with Gasteiger partial charge in [-0.1, -0.05) is 32.9 Å². The molecule has 18 saturated carbocycles. The highest BCUT2D eigenvalue weighted by Gasteiger charge is 2.73. The standard InChI is InChI=1S/C20H32O3.C14H20O4.C14H20O3.C13H18O4.C12H11NO4/c1-13(2)16(21)23-18(5,6)20-10-14-7-15(11-20)9-19(8-14,12-20)17(3,4)22;1-9(2)11(15)18-14-5-10-3-12(16,7-14)6-13(17,4-10)8-14;1-9(2)12(15)17-14-6-10-3-11(7-14)5-13(16,4-10)8-14;1-2-10(14)17-13-5-9-3-11(15,7-13)6-12(16,4-9)8-13;1-2-8(14)16-9-6-3-7-10(9)17-11(15)12(7,4-6)5-13/h14-15,22H,1,7-12H2,2-6H3;10,16-17H,1,3-8H2,2H3;10-11,16H,1,3-8H2,2H3;2,9,15-16H,1,3-8H2;2,6-7,9-10H,1,3-4H2. The zero-order valence-corrected chi connectivity index (χ0v) is 55.4. The van der Waals surface area contributed by atoms with Crippen LogP contribution in [-0.2, 0) is 57.2 Å². The molecule has 92 heavy (non-hydrogen) atoms. The van der Waals surface area contributed by atoms with Gasteiger partial charge in [-0.3, -0.25) is 4.79 Å². The molecule has 0 aromatic heterocycles. The summed E-state index contributed by atoms with van der Waals surface area (Å²) in [4.78, 5) is 70.0. The highest BCUT2D eigenvalue weighted by molar-refractivity contribution is 5.88. The molecule has 506 valence electrons. The molecule has 19 fully saturated rings. The number of carbonyl (C=O) groups is 6. The van der Waals surface area contributed by atoms with Crippen molar-refractivity contribution in [3.05, 3.63) is 61.8 Å². The fourth-order valence-corrected chi connectivity index (χ4v) is 23.4. The number of fused-ring (bicyclic) bond motifs is 1. The summed E-state index contributed by atoms with van der Waals surface area (Å²) in [5.74, 6) is 0.444. The first-order valence-corrected chi connectivity index (χ1v) is 33.8. The number of hydrogen-bond acceptors (Lipinski definition) is 19. The summed E-state index contributed by atoms with van der Waals surface area (Å²) >= 11 is 0. The van der Waals surface area contributed by atoms with Crippen molar-refractivity contribution in [2.24, 2.45) is 63.6 Å². The topological polar surface area (TPSA) is 303 Å². The van der Waals surface area contributed by atoms with Gasteiger partial charge in [0.15, 0.2) is 5.41 Å². The Hall–Kier alpha value is -5.23. The highest BCUT2D eigenvalue weighted by Crippen LogP contribution is 2.72. The Morgan fingerprint density at radius 3 is 1.34 bits per heavy atom. The molecule has 1 saturated heterocycles. The minimum atomic E-state index is -0.980. The molecule has 13 atom stereocenters. The van der Waals surface area contributed by atoms with Crippen molar-refractivity contribution in [2.75, 3.05) is 0 Å². The van der Waals surface area contributed by atoms with Gasteiger partial charge in [0.05, 0.1) is 39.7 Å². The van der Waals surface area contributed by atoms with Crippen molar-refractivity contribution in [3.63, 3.8) is 0 Å². The Kier molecular flexibility index (Phi) is 16.8. The molecule has 19 rings (SSSR count). The molecule has 0 aromatic carbocycles. The van der Waals surface area contributed by atoms with Crippen molar-refractivity contribution in [1.82, 2.24) is 0 Å². The Labute approximate surface area is 541 Å². The summed E-state index contributed by atoms with van der Waals surface area (Å²) in [5.41, 5.74) is -6.67. The third-order valence-corrected chi connectivity index (χ3v) is 25.2. The van der Waals surface area contributed by atoms with Crippen LogP contribution in [-0.4, -0.2) is 135 Å². The van der Waals surface area contributed by atoms with E-state index in [2.05, 4.69) is 52.8 Å². The normalized spacial score (nSPS) is 46.0. The van der Waals surface area contributed by atoms with Gasteiger partial charge in [0.1, 0.15) is 34.6 Å². The van der Waals surface area contributed by atoms with Crippen molar-refractivity contribution < 1.29 is 87.8 Å². The molecule has 6 N–H and O–H groups in total. The van der Waals surface area contributed by atoms with E-state index in [1.165, 1.54) is 12.8 Å². The average molecular weight is 1280 g/mol. The third kappa shape index (κ3) is 12.4. The van der Waals surface area contributed by atoms with Gasteiger partial charge < -0.3 is 59.1 Å². The lowest BCUT2D eigenvalue weighted by atomic mass is 9.38. The quantitative estimate of drug-likeness (QED) is 0.0602. The number of ether oxygens (including phenoxy) is 6. The second-order valence-corrected chi connectivity index (χ2v) is 34.2. The van der Waals surface area contributed by atoms with E-state index in [1.54, 1.807) is 20.8 Å². The van der Waals surface area contributed by atoms with Crippen LogP contribution in [0.25, 0.3) is 0 Å². The van der Waals surface area contributed by atoms with E-state index in [4.69, 9.17) is 28.4 Å². The molecule has 19 aliphatic rings. The lowest BCUT2D eigenvalue weighted by molar-refractivity contribution is -0.261. The number of nitrogens with zero attached hydrogens (tertiary/aromatic N) is 1. The second kappa shape index (κ2) is 22.7. The average Bonchev–Trinajstić information content (AvgIpc) is 0.963. The molecule has 19 nitrogen and oxygen atoms in total. The molecule has 13 unspecified atom stereocenters. The van der Waals surface area contributed by atoms with E-state index in [-0.39, 0.29) is 46.4 Å². The van der Waals surface area contributed by atoms with E-state index in [9.17, 15) is 64.7 Å². The molecule has 0 radical (unpaired) electrons. The number of hydrogen-bond donors (Lipinski definition) is 6. The van der Waals surface area contributed by atoms with E-state index in [0.717, 1.165) is 115 Å². The van der Waals surface area contributed by atoms with Crippen LogP contribution in [0, 0.1) is 74.9 Å². The summed E-state index contributed by atoms with van der Waals surface area (Å²) < 4.78 is 33.1. The fourth-order valence-electron chi connectivity index (χ4n) is 23.4. The Morgan fingerprint density at radius 2 is 0.924 bits per heavy atom. The summed E-state index contributed by atoms with van der Waals surface area (Å²) in [6.45, 7) is 30.8. The molecule has 18 bridgehead atoms. The van der Waals surface area contributed by atoms with Gasteiger partial charge in [-0.25, -0.2) is 24.0 Å². The summed E-state index contributed by atoms with van der Waals surface area (Å²) in [5, 5.41) is 72.5. The molecule has 19 heteroatoms. The van der Waals surface area contributed by atoms with Gasteiger partial charge in [-0.15, -0.1) is 0 Å². The van der Waals surface area contributed by atoms with Crippen molar-refractivity contribution >= 4 is 35.8 Å². The van der Waals surface area contributed by atoms with E-state index < -0.39 is 97.5 Å². The van der Waals surface area contributed by atoms with Crippen molar-refractivity contribution in [3.8, 4) is 6.07 Å². The molecular weight excluding hydrogens is 1180 g/mol. The minimum absolute atomic E-state index is 0.0117. The minimum Gasteiger partial charge on any atom is -0.457 e. The molecule has 0 spiro atoms. The monoisotopic (exact) mass is 1280 g/mol. The fraction of sp³-hybridized carbons (Fsp3) is 0.767. The van der Waals surface area contributed by atoms with Gasteiger partial charge in [0.25, 0.3) is 0 Å². The molecule has 1 aliphatic heterocycles. The number of rotatable bonds is 12. The van der Waals surface area contributed by atoms with Gasteiger partial charge in [-0.05, 0) is 211 Å². The first-order chi connectivity index (χ1) is 42.5. The van der Waals surface area contributed by atoms with Crippen LogP contribution in [0.4, 0.5) is 0 Å². The summed E-state index contributed by atoms with van der Waals surface area (Å²) in [6.07, 6.45) is 21.9. The number of aliphatic hydroxyl groups is 6. The zero-order chi connectivity index (χ0) is 67.2. The van der Waals surface area contributed by atoms with Gasteiger partial charge in [-0.2, -0.15) is 5.26 Å². The lowest BCUT2D eigenvalue weighted by Gasteiger charge is -2.68. The largest absolute Gasteiger partial charge is 0.457 e. The van der Waals surface area contributed by atoms with Crippen LogP contribution < -0.4 is 0 Å². The van der Waals surface area contributed by atoms with Gasteiger partial charge >= 0.3 is 35.8 Å². The SMILES string of the molecule is C=C(C)C(=O)OC(C)(C)C12CC3CC(CC(C(C)(C)O)(C3)C1)C2.C=C(C)C(=O)OC12CC3CC(CC(O)(C3)C1)C2.C=C(C)C(=O)OC12CC3CC(O)(CC(O)(C3)C1)C2.C=CC(=O)OC12CC3CC(O)(CC(O)(C3)C1)C2.C=CC(=O)OC1C2CC3C1OC(=O)C3(C#N)C2. The van der Waals surface area contributed by atoms with E-state index in [1.807, 2.05) is 13.8 Å². The third-order valence-electron chi connectivity index (χ3n) is 25.2. The van der Waals surface area contributed by atoms with Crippen LogP contribution in [0.5, 0.6) is 0 Å². The van der Waals surface area contributed by atoms with Gasteiger partial charge in [0, 0.05) is 91.1 Å². The highest BCUT2D eigenvalue weighted by atomic mass is 16.6. The maximum Gasteiger partial charge on any atom is 0.333 e. The Bertz CT molecular complexity index is 3100. The van der Waals surface area contributed by atoms with E-state index in [0.29, 0.717) is 91.8 Å². The molecule has 1 heterocycles. The van der Waals surface area contributed by atoms with Crippen LogP contribution in [0.1, 0.15) is 215 Å². The second-order valence-electron chi connectivity index (χ2n) is 34.2. The van der Waals surface area contributed by atoms with Crippen LogP contribution >= 0.6 is 0 Å². The summed E-state index contributed by atoms with van der Waals surface area (Å²) in [7, 11) is 0. The molecule has 18 aliphatic carbocycles. The Balaban J connectivity index is 0.000000118. The smallest absolute Gasteiger partial charge is 0.333 e. The molecule has 0 aromatic rings. The Morgan fingerprint density at radius 1 is 0.522 bits per heavy atom. The van der Waals surface area contributed by atoms with Crippen molar-refractivity contribution in [1.29, 1.82) is 5.26 Å². The number of esters is 6. The van der Waals surface area contributed by atoms with Crippen molar-refractivity contribution in [2.45, 2.75) is 284 Å². The maximum atomic E-state index is 12.2. The van der Waals surface area contributed by atoms with Gasteiger partial charge in [0.2, 0.25) is 0 Å². The predicted octanol–water partition coefficient (Wildman–Crippen LogP) is 9.21. The maximum absolute atomic E-state index is 12.2. The van der Waals surface area contributed by atoms with Crippen LogP contribution in [0.15, 0.2) is 61.8 Å². The number of nitriles is 1. The lowest BCUT2D eigenvalue weighted by Crippen LogP contribution is -2.67. The summed E-state index contributed by atoms with van der Waals surface area (Å²) in [6, 6.07) is 2.10. The molecular formula is C73H101NO18. The van der Waals surface area contributed by atoms with Crippen LogP contribution in [0.2, 0.25) is 0 Å². The molecule has 0 amide bonds. The van der Waals surface area contributed by atoms with E-state index >= 15 is 0 Å². The first kappa shape index (κ1) is 68.2. The zero-order valence-electron chi connectivity index (χ0n) is 55.4.